The molecule has 3 aromatic rings. The third-order valence-electron chi connectivity index (χ3n) is 6.57. The van der Waals surface area contributed by atoms with Crippen LogP contribution in [0.3, 0.4) is 0 Å². The molecule has 2 amide bonds. The van der Waals surface area contributed by atoms with Gasteiger partial charge in [-0.05, 0) is 67.6 Å². The van der Waals surface area contributed by atoms with Gasteiger partial charge in [0.25, 0.3) is 10.0 Å². The molecule has 9 heteroatoms. The van der Waals surface area contributed by atoms with Crippen LogP contribution in [0.15, 0.2) is 77.7 Å². The molecule has 0 bridgehead atoms. The van der Waals surface area contributed by atoms with Crippen molar-refractivity contribution in [1.29, 1.82) is 0 Å². The summed E-state index contributed by atoms with van der Waals surface area (Å²) in [7, 11) is -4.14. The maximum absolute atomic E-state index is 14.0. The maximum atomic E-state index is 14.0. The van der Waals surface area contributed by atoms with Crippen molar-refractivity contribution in [2.45, 2.75) is 52.1 Å². The minimum absolute atomic E-state index is 0.0466. The lowest BCUT2D eigenvalue weighted by Gasteiger charge is -2.33. The van der Waals surface area contributed by atoms with Gasteiger partial charge in [-0.25, -0.2) is 8.42 Å². The minimum atomic E-state index is -4.14. The van der Waals surface area contributed by atoms with Crippen LogP contribution in [-0.4, -0.2) is 44.3 Å². The molecule has 0 fully saturated rings. The number of carbonyl (C=O) groups is 2. The number of carbonyl (C=O) groups excluding carboxylic acids is 2. The van der Waals surface area contributed by atoms with Gasteiger partial charge in [0.1, 0.15) is 12.6 Å². The zero-order chi connectivity index (χ0) is 28.7. The number of benzene rings is 3. The van der Waals surface area contributed by atoms with Crippen LogP contribution in [0.4, 0.5) is 5.69 Å². The van der Waals surface area contributed by atoms with Gasteiger partial charge in [-0.1, -0.05) is 74.0 Å². The van der Waals surface area contributed by atoms with E-state index in [0.29, 0.717) is 22.8 Å². The van der Waals surface area contributed by atoms with E-state index in [0.717, 1.165) is 15.4 Å². The summed E-state index contributed by atoms with van der Waals surface area (Å²) >= 11 is 6.36. The van der Waals surface area contributed by atoms with Gasteiger partial charge >= 0.3 is 0 Å². The van der Waals surface area contributed by atoms with E-state index in [-0.39, 0.29) is 23.3 Å². The predicted molar refractivity (Wildman–Crippen MR) is 156 cm³/mol. The number of nitrogens with one attached hydrogen (secondary N) is 1. The van der Waals surface area contributed by atoms with Crippen molar-refractivity contribution in [1.82, 2.24) is 10.2 Å². The van der Waals surface area contributed by atoms with Crippen LogP contribution in [0.1, 0.15) is 37.5 Å². The number of amides is 2. The molecule has 0 aliphatic heterocycles. The number of hydrogen-bond acceptors (Lipinski definition) is 4. The van der Waals surface area contributed by atoms with Crippen molar-refractivity contribution in [3.63, 3.8) is 0 Å². The van der Waals surface area contributed by atoms with Crippen LogP contribution in [-0.2, 0) is 26.2 Å². The van der Waals surface area contributed by atoms with Gasteiger partial charge in [-0.3, -0.25) is 13.9 Å². The molecule has 0 saturated carbocycles. The van der Waals surface area contributed by atoms with Crippen LogP contribution in [0.5, 0.6) is 0 Å². The summed E-state index contributed by atoms with van der Waals surface area (Å²) in [5.41, 5.74) is 2.66. The predicted octanol–water partition coefficient (Wildman–Crippen LogP) is 5.34. The van der Waals surface area contributed by atoms with Crippen LogP contribution < -0.4 is 9.62 Å². The molecule has 1 atom stereocenters. The van der Waals surface area contributed by atoms with Gasteiger partial charge in [0.15, 0.2) is 0 Å². The SMILES string of the molecule is Cc1ccccc1CN(C(=O)CN(c1cccc(Cl)c1C)S(=O)(=O)c1ccccc1)C(C)C(=O)NCC(C)C. The first-order valence-electron chi connectivity index (χ1n) is 12.9. The van der Waals surface area contributed by atoms with Gasteiger partial charge in [-0.2, -0.15) is 0 Å². The van der Waals surface area contributed by atoms with Gasteiger partial charge < -0.3 is 10.2 Å². The van der Waals surface area contributed by atoms with E-state index < -0.39 is 28.5 Å². The van der Waals surface area contributed by atoms with Crippen molar-refractivity contribution >= 4 is 39.1 Å². The highest BCUT2D eigenvalue weighted by molar-refractivity contribution is 7.92. The minimum Gasteiger partial charge on any atom is -0.354 e. The lowest BCUT2D eigenvalue weighted by Crippen LogP contribution is -2.51. The molecule has 0 aliphatic carbocycles. The zero-order valence-electron chi connectivity index (χ0n) is 23.0. The van der Waals surface area contributed by atoms with Crippen LogP contribution in [0.2, 0.25) is 5.02 Å². The molecule has 3 aromatic carbocycles. The van der Waals surface area contributed by atoms with Gasteiger partial charge in [0.2, 0.25) is 11.8 Å². The van der Waals surface area contributed by atoms with Crippen LogP contribution in [0.25, 0.3) is 0 Å². The Balaban J connectivity index is 2.05. The van der Waals surface area contributed by atoms with E-state index in [4.69, 9.17) is 11.6 Å². The molecule has 0 spiro atoms. The molecule has 208 valence electrons. The zero-order valence-corrected chi connectivity index (χ0v) is 24.6. The van der Waals surface area contributed by atoms with Crippen LogP contribution in [0, 0.1) is 19.8 Å². The summed E-state index contributed by atoms with van der Waals surface area (Å²) in [4.78, 5) is 28.6. The number of sulfonamides is 1. The van der Waals surface area contributed by atoms with Crippen molar-refractivity contribution in [2.75, 3.05) is 17.4 Å². The maximum Gasteiger partial charge on any atom is 0.264 e. The third kappa shape index (κ3) is 7.40. The van der Waals surface area contributed by atoms with Crippen molar-refractivity contribution in [3.05, 3.63) is 94.5 Å². The van der Waals surface area contributed by atoms with Gasteiger partial charge in [0, 0.05) is 18.1 Å². The Morgan fingerprint density at radius 2 is 1.54 bits per heavy atom. The first-order valence-corrected chi connectivity index (χ1v) is 14.7. The quantitative estimate of drug-likeness (QED) is 0.338. The monoisotopic (exact) mass is 569 g/mol. The second-order valence-electron chi connectivity index (χ2n) is 9.97. The molecule has 0 aromatic heterocycles. The molecule has 0 heterocycles. The summed E-state index contributed by atoms with van der Waals surface area (Å²) in [5, 5.41) is 3.27. The fourth-order valence-electron chi connectivity index (χ4n) is 4.11. The fourth-order valence-corrected chi connectivity index (χ4v) is 5.77. The number of rotatable bonds is 11. The smallest absolute Gasteiger partial charge is 0.264 e. The van der Waals surface area contributed by atoms with E-state index in [1.54, 1.807) is 50.2 Å². The number of aryl methyl sites for hydroxylation is 1. The summed E-state index contributed by atoms with van der Waals surface area (Å²) in [5.74, 6) is -0.578. The molecular weight excluding hydrogens is 534 g/mol. The standard InChI is InChI=1S/C30H36ClN3O4S/c1-21(2)18-32-30(36)24(5)33(19-25-13-10-9-12-22(25)3)29(35)20-34(28-17-11-16-27(31)23(28)4)39(37,38)26-14-7-6-8-15-26/h6-17,21,24H,18-20H2,1-5H3,(H,32,36). The second-order valence-corrected chi connectivity index (χ2v) is 12.2. The van der Waals surface area contributed by atoms with E-state index in [1.165, 1.54) is 17.0 Å². The lowest BCUT2D eigenvalue weighted by molar-refractivity contribution is -0.139. The Morgan fingerprint density at radius 1 is 0.897 bits per heavy atom. The van der Waals surface area contributed by atoms with Crippen LogP contribution >= 0.6 is 11.6 Å². The second kappa shape index (κ2) is 13.1. The number of nitrogens with zero attached hydrogens (tertiary/aromatic N) is 2. The highest BCUT2D eigenvalue weighted by atomic mass is 35.5. The van der Waals surface area contributed by atoms with Crippen molar-refractivity contribution in [2.24, 2.45) is 5.92 Å². The Labute approximate surface area is 236 Å². The average Bonchev–Trinajstić information content (AvgIpc) is 2.91. The van der Waals surface area contributed by atoms with Crippen molar-refractivity contribution in [3.8, 4) is 0 Å². The largest absolute Gasteiger partial charge is 0.354 e. The molecule has 0 radical (unpaired) electrons. The van der Waals surface area contributed by atoms with E-state index >= 15 is 0 Å². The lowest BCUT2D eigenvalue weighted by atomic mass is 10.1. The number of halogens is 1. The number of hydrogen-bond donors (Lipinski definition) is 1. The molecule has 7 nitrogen and oxygen atoms in total. The summed E-state index contributed by atoms with van der Waals surface area (Å²) in [6, 6.07) is 19.7. The van der Waals surface area contributed by atoms with E-state index in [1.807, 2.05) is 45.0 Å². The molecule has 1 unspecified atom stereocenters. The normalized spacial score (nSPS) is 12.2. The summed E-state index contributed by atoms with van der Waals surface area (Å²) in [6.45, 7) is 9.38. The average molecular weight is 570 g/mol. The Kier molecular flexibility index (Phi) is 10.2. The molecule has 1 N–H and O–H groups in total. The molecular formula is C30H36ClN3O4S. The highest BCUT2D eigenvalue weighted by Gasteiger charge is 2.33. The topological polar surface area (TPSA) is 86.8 Å². The van der Waals surface area contributed by atoms with Gasteiger partial charge in [-0.15, -0.1) is 0 Å². The van der Waals surface area contributed by atoms with Gasteiger partial charge in [0.05, 0.1) is 10.6 Å². The fraction of sp³-hybridized carbons (Fsp3) is 0.333. The first kappa shape index (κ1) is 30.2. The Morgan fingerprint density at radius 3 is 2.18 bits per heavy atom. The Bertz CT molecular complexity index is 1410. The summed E-state index contributed by atoms with van der Waals surface area (Å²) < 4.78 is 28.8. The molecule has 3 rings (SSSR count). The summed E-state index contributed by atoms with van der Waals surface area (Å²) in [6.07, 6.45) is 0. The third-order valence-corrected chi connectivity index (χ3v) is 8.76. The van der Waals surface area contributed by atoms with E-state index in [2.05, 4.69) is 5.32 Å². The van der Waals surface area contributed by atoms with E-state index in [9.17, 15) is 18.0 Å². The molecule has 0 saturated heterocycles. The first-order chi connectivity index (χ1) is 18.4. The van der Waals surface area contributed by atoms with Crippen molar-refractivity contribution < 1.29 is 18.0 Å². The molecule has 0 aliphatic rings. The highest BCUT2D eigenvalue weighted by Crippen LogP contribution is 2.31. The Hall–Kier alpha value is -3.36. The number of anilines is 1. The molecule has 39 heavy (non-hydrogen) atoms.